The number of fused-ring (bicyclic) bond motifs is 1. The summed E-state index contributed by atoms with van der Waals surface area (Å²) in [4.78, 5) is 0. The molecule has 2 nitrogen and oxygen atoms in total. The monoisotopic (exact) mass is 257 g/mol. The van der Waals surface area contributed by atoms with Crippen LogP contribution in [-0.2, 0) is 12.0 Å². The normalized spacial score (nSPS) is 37.1. The summed E-state index contributed by atoms with van der Waals surface area (Å²) in [6.07, 6.45) is 10.5. The molecule has 0 spiro atoms. The number of hydrogen-bond acceptors (Lipinski definition) is 2. The van der Waals surface area contributed by atoms with Crippen molar-refractivity contribution in [3.05, 3.63) is 29.3 Å². The van der Waals surface area contributed by atoms with Gasteiger partial charge in [0.1, 0.15) is 5.75 Å². The number of aromatic hydroxyl groups is 1. The van der Waals surface area contributed by atoms with E-state index in [4.69, 9.17) is 0 Å². The fourth-order valence-corrected chi connectivity index (χ4v) is 5.21. The molecule has 1 aliphatic heterocycles. The SMILES string of the molecule is Oc1ccc2c(c1)C13CCCCC1(CCCN3)CC2. The molecule has 1 saturated heterocycles. The summed E-state index contributed by atoms with van der Waals surface area (Å²) in [5.74, 6) is 0.432. The van der Waals surface area contributed by atoms with Gasteiger partial charge in [0, 0.05) is 5.54 Å². The third-order valence-electron chi connectivity index (χ3n) is 6.05. The minimum absolute atomic E-state index is 0.163. The number of hydrogen-bond donors (Lipinski definition) is 2. The number of aryl methyl sites for hydroxylation is 1. The summed E-state index contributed by atoms with van der Waals surface area (Å²) in [6.45, 7) is 1.14. The number of phenols is 1. The Balaban J connectivity index is 1.92. The average molecular weight is 257 g/mol. The lowest BCUT2D eigenvalue weighted by Crippen LogP contribution is -2.62. The Hall–Kier alpha value is -1.02. The van der Waals surface area contributed by atoms with Gasteiger partial charge in [-0.25, -0.2) is 0 Å². The van der Waals surface area contributed by atoms with Crippen molar-refractivity contribution in [2.75, 3.05) is 6.54 Å². The predicted molar refractivity (Wildman–Crippen MR) is 76.2 cm³/mol. The lowest BCUT2D eigenvalue weighted by molar-refractivity contribution is -0.0250. The average Bonchev–Trinajstić information content (AvgIpc) is 2.46. The summed E-state index contributed by atoms with van der Waals surface area (Å²) in [5, 5.41) is 13.8. The number of phenolic OH excluding ortho intramolecular Hbond substituents is 1. The number of nitrogens with one attached hydrogen (secondary N) is 1. The maximum absolute atomic E-state index is 9.94. The van der Waals surface area contributed by atoms with Crippen LogP contribution in [0, 0.1) is 5.41 Å². The molecule has 0 aromatic heterocycles. The highest BCUT2D eigenvalue weighted by Crippen LogP contribution is 2.60. The highest BCUT2D eigenvalue weighted by Gasteiger charge is 2.56. The first kappa shape index (κ1) is 11.8. The van der Waals surface area contributed by atoms with Crippen molar-refractivity contribution < 1.29 is 5.11 Å². The van der Waals surface area contributed by atoms with E-state index in [1.807, 2.05) is 12.1 Å². The molecule has 3 aliphatic rings. The standard InChI is InChI=1S/C17H23NO/c19-14-5-4-13-6-10-16-7-1-2-9-17(16,15(13)12-14)18-11-3-8-16/h4-5,12,18-19H,1-3,6-11H2. The molecule has 2 fully saturated rings. The molecule has 0 amide bonds. The van der Waals surface area contributed by atoms with E-state index in [2.05, 4.69) is 11.4 Å². The lowest BCUT2D eigenvalue weighted by Gasteiger charge is -2.60. The van der Waals surface area contributed by atoms with Gasteiger partial charge in [-0.2, -0.15) is 0 Å². The molecule has 2 atom stereocenters. The van der Waals surface area contributed by atoms with Gasteiger partial charge in [-0.05, 0) is 73.7 Å². The first-order valence-electron chi connectivity index (χ1n) is 7.83. The topological polar surface area (TPSA) is 32.3 Å². The summed E-state index contributed by atoms with van der Waals surface area (Å²) in [5.41, 5.74) is 3.50. The van der Waals surface area contributed by atoms with E-state index in [1.165, 1.54) is 62.5 Å². The molecule has 1 aromatic rings. The van der Waals surface area contributed by atoms with Crippen molar-refractivity contribution in [3.63, 3.8) is 0 Å². The summed E-state index contributed by atoms with van der Waals surface area (Å²) in [7, 11) is 0. The quantitative estimate of drug-likeness (QED) is 0.746. The van der Waals surface area contributed by atoms with Crippen LogP contribution in [0.2, 0.25) is 0 Å². The zero-order chi connectivity index (χ0) is 12.9. The predicted octanol–water partition coefficient (Wildman–Crippen LogP) is 3.48. The summed E-state index contributed by atoms with van der Waals surface area (Å²) >= 11 is 0. The van der Waals surface area contributed by atoms with E-state index in [9.17, 15) is 5.11 Å². The molecule has 0 radical (unpaired) electrons. The Morgan fingerprint density at radius 2 is 1.84 bits per heavy atom. The minimum atomic E-state index is 0.163. The van der Waals surface area contributed by atoms with E-state index in [1.54, 1.807) is 0 Å². The second-order valence-corrected chi connectivity index (χ2v) is 6.76. The highest BCUT2D eigenvalue weighted by molar-refractivity contribution is 5.44. The fourth-order valence-electron chi connectivity index (χ4n) is 5.21. The van der Waals surface area contributed by atoms with Crippen molar-refractivity contribution in [2.24, 2.45) is 5.41 Å². The second-order valence-electron chi connectivity index (χ2n) is 6.76. The van der Waals surface area contributed by atoms with Gasteiger partial charge < -0.3 is 10.4 Å². The van der Waals surface area contributed by atoms with Gasteiger partial charge in [0.05, 0.1) is 0 Å². The van der Waals surface area contributed by atoms with Crippen LogP contribution in [0.5, 0.6) is 5.75 Å². The Bertz CT molecular complexity index is 496. The fraction of sp³-hybridized carbons (Fsp3) is 0.647. The number of rotatable bonds is 0. The number of benzene rings is 1. The van der Waals surface area contributed by atoms with Gasteiger partial charge in [0.15, 0.2) is 0 Å². The van der Waals surface area contributed by atoms with Crippen LogP contribution in [0.4, 0.5) is 0 Å². The molecule has 4 rings (SSSR count). The smallest absolute Gasteiger partial charge is 0.115 e. The van der Waals surface area contributed by atoms with Gasteiger partial charge in [-0.1, -0.05) is 18.9 Å². The van der Waals surface area contributed by atoms with Gasteiger partial charge in [0.2, 0.25) is 0 Å². The molecule has 2 aliphatic carbocycles. The molecule has 1 aromatic carbocycles. The second kappa shape index (κ2) is 3.99. The van der Waals surface area contributed by atoms with Crippen molar-refractivity contribution in [1.82, 2.24) is 5.32 Å². The van der Waals surface area contributed by atoms with Gasteiger partial charge >= 0.3 is 0 Å². The summed E-state index contributed by atoms with van der Waals surface area (Å²) < 4.78 is 0. The molecule has 2 heteroatoms. The van der Waals surface area contributed by atoms with Crippen molar-refractivity contribution in [2.45, 2.75) is 56.9 Å². The molecule has 1 saturated carbocycles. The van der Waals surface area contributed by atoms with Crippen LogP contribution >= 0.6 is 0 Å². The molecule has 2 unspecified atom stereocenters. The van der Waals surface area contributed by atoms with Crippen LogP contribution in [0.1, 0.15) is 56.1 Å². The van der Waals surface area contributed by atoms with E-state index >= 15 is 0 Å². The zero-order valence-electron chi connectivity index (χ0n) is 11.5. The Morgan fingerprint density at radius 1 is 1.00 bits per heavy atom. The van der Waals surface area contributed by atoms with Crippen LogP contribution in [0.15, 0.2) is 18.2 Å². The third-order valence-corrected chi connectivity index (χ3v) is 6.05. The minimum Gasteiger partial charge on any atom is -0.508 e. The van der Waals surface area contributed by atoms with E-state index in [0.717, 1.165) is 6.54 Å². The van der Waals surface area contributed by atoms with Crippen molar-refractivity contribution >= 4 is 0 Å². The highest BCUT2D eigenvalue weighted by atomic mass is 16.3. The summed E-state index contributed by atoms with van der Waals surface area (Å²) in [6, 6.07) is 6.05. The molecule has 0 bridgehead atoms. The molecular formula is C17H23NO. The molecule has 1 heterocycles. The van der Waals surface area contributed by atoms with Gasteiger partial charge in [-0.15, -0.1) is 0 Å². The maximum Gasteiger partial charge on any atom is 0.115 e. The van der Waals surface area contributed by atoms with E-state index in [0.29, 0.717) is 11.2 Å². The van der Waals surface area contributed by atoms with Crippen LogP contribution < -0.4 is 5.32 Å². The van der Waals surface area contributed by atoms with E-state index < -0.39 is 0 Å². The number of piperidine rings is 1. The largest absolute Gasteiger partial charge is 0.508 e. The molecule has 2 N–H and O–H groups in total. The van der Waals surface area contributed by atoms with Gasteiger partial charge in [0.25, 0.3) is 0 Å². The molecule has 19 heavy (non-hydrogen) atoms. The van der Waals surface area contributed by atoms with Crippen LogP contribution in [-0.4, -0.2) is 11.7 Å². The zero-order valence-corrected chi connectivity index (χ0v) is 11.5. The molecule has 102 valence electrons. The lowest BCUT2D eigenvalue weighted by atomic mass is 9.50. The van der Waals surface area contributed by atoms with Crippen LogP contribution in [0.25, 0.3) is 0 Å². The third kappa shape index (κ3) is 1.47. The Kier molecular flexibility index (Phi) is 2.47. The van der Waals surface area contributed by atoms with Crippen molar-refractivity contribution in [1.29, 1.82) is 0 Å². The first-order valence-corrected chi connectivity index (χ1v) is 7.83. The maximum atomic E-state index is 9.94. The van der Waals surface area contributed by atoms with E-state index in [-0.39, 0.29) is 5.54 Å². The molecular weight excluding hydrogens is 234 g/mol. The Labute approximate surface area is 115 Å². The van der Waals surface area contributed by atoms with Crippen LogP contribution in [0.3, 0.4) is 0 Å². The van der Waals surface area contributed by atoms with Gasteiger partial charge in [-0.3, -0.25) is 0 Å². The first-order chi connectivity index (χ1) is 9.26. The van der Waals surface area contributed by atoms with Crippen molar-refractivity contribution in [3.8, 4) is 5.75 Å². The Morgan fingerprint density at radius 3 is 2.79 bits per heavy atom.